The number of thiophene rings is 1. The summed E-state index contributed by atoms with van der Waals surface area (Å²) in [6, 6.07) is 20.2. The van der Waals surface area contributed by atoms with Gasteiger partial charge in [0.2, 0.25) is 0 Å². The van der Waals surface area contributed by atoms with E-state index >= 15 is 0 Å². The van der Waals surface area contributed by atoms with Gasteiger partial charge in [-0.25, -0.2) is 4.39 Å². The molecule has 6 heteroatoms. The number of aliphatic hydroxyl groups excluding tert-OH is 1. The van der Waals surface area contributed by atoms with Gasteiger partial charge < -0.3 is 5.11 Å². The Morgan fingerprint density at radius 1 is 1.00 bits per heavy atom. The van der Waals surface area contributed by atoms with E-state index in [2.05, 4.69) is 0 Å². The van der Waals surface area contributed by atoms with Crippen LogP contribution in [0, 0.1) is 12.7 Å². The fourth-order valence-corrected chi connectivity index (χ4v) is 4.99. The van der Waals surface area contributed by atoms with Crippen molar-refractivity contribution < 1.29 is 19.1 Å². The Morgan fingerprint density at radius 2 is 1.78 bits per heavy atom. The van der Waals surface area contributed by atoms with E-state index in [0.29, 0.717) is 16.8 Å². The highest BCUT2D eigenvalue weighted by atomic mass is 32.1. The number of hydrogen-bond donors (Lipinski definition) is 1. The summed E-state index contributed by atoms with van der Waals surface area (Å²) in [6.45, 7) is 1.58. The Balaban J connectivity index is 1.76. The molecule has 4 nitrogen and oxygen atoms in total. The normalized spacial score (nSPS) is 17.9. The van der Waals surface area contributed by atoms with Crippen molar-refractivity contribution in [3.8, 4) is 0 Å². The summed E-state index contributed by atoms with van der Waals surface area (Å²) < 4.78 is 13.8. The number of carbonyl (C=O) groups is 2. The number of hydrogen-bond acceptors (Lipinski definition) is 4. The second-order valence-corrected chi connectivity index (χ2v) is 8.63. The molecule has 2 heterocycles. The molecule has 0 bridgehead atoms. The van der Waals surface area contributed by atoms with Crippen molar-refractivity contribution in [2.75, 3.05) is 4.90 Å². The summed E-state index contributed by atoms with van der Waals surface area (Å²) in [6.07, 6.45) is 0. The van der Waals surface area contributed by atoms with Crippen LogP contribution in [0.15, 0.2) is 83.7 Å². The summed E-state index contributed by atoms with van der Waals surface area (Å²) >= 11 is 1.40. The van der Waals surface area contributed by atoms with Crippen molar-refractivity contribution in [1.82, 2.24) is 0 Å². The van der Waals surface area contributed by atoms with Crippen molar-refractivity contribution >= 4 is 45.2 Å². The van der Waals surface area contributed by atoms with Crippen LogP contribution in [0.1, 0.15) is 22.0 Å². The monoisotopic (exact) mass is 443 g/mol. The Kier molecular flexibility index (Phi) is 4.87. The number of nitrogens with zero attached hydrogens (tertiary/aromatic N) is 1. The van der Waals surface area contributed by atoms with E-state index in [1.165, 1.54) is 34.4 Å². The minimum Gasteiger partial charge on any atom is -0.507 e. The number of ketones is 1. The molecule has 1 aromatic heterocycles. The molecule has 1 saturated heterocycles. The number of halogens is 1. The Morgan fingerprint density at radius 3 is 2.53 bits per heavy atom. The number of Topliss-reactive ketones (excluding diaryl/α,β-unsaturated/α-hetero) is 1. The number of aliphatic hydroxyl groups is 1. The van der Waals surface area contributed by atoms with E-state index in [1.54, 1.807) is 13.0 Å². The van der Waals surface area contributed by atoms with E-state index in [-0.39, 0.29) is 11.3 Å². The van der Waals surface area contributed by atoms with Crippen molar-refractivity contribution in [2.45, 2.75) is 13.0 Å². The van der Waals surface area contributed by atoms with Crippen LogP contribution in [0.25, 0.3) is 16.5 Å². The molecule has 5 rings (SSSR count). The predicted molar refractivity (Wildman–Crippen MR) is 124 cm³/mol. The molecule has 158 valence electrons. The Labute approximate surface area is 187 Å². The van der Waals surface area contributed by atoms with E-state index in [4.69, 9.17) is 0 Å². The summed E-state index contributed by atoms with van der Waals surface area (Å²) in [5.74, 6) is -2.20. The number of anilines is 1. The fraction of sp³-hybridized carbons (Fsp3) is 0.0769. The maximum atomic E-state index is 13.8. The predicted octanol–water partition coefficient (Wildman–Crippen LogP) is 5.98. The third-order valence-corrected chi connectivity index (χ3v) is 6.64. The van der Waals surface area contributed by atoms with Gasteiger partial charge in [0.1, 0.15) is 17.6 Å². The van der Waals surface area contributed by atoms with Crippen molar-refractivity contribution in [3.63, 3.8) is 0 Å². The molecule has 1 atom stereocenters. The minimum atomic E-state index is -0.786. The van der Waals surface area contributed by atoms with Gasteiger partial charge in [0.15, 0.2) is 0 Å². The van der Waals surface area contributed by atoms with Gasteiger partial charge in [-0.2, -0.15) is 0 Å². The number of carbonyl (C=O) groups excluding carboxylic acids is 2. The maximum absolute atomic E-state index is 13.8. The molecule has 1 aliphatic heterocycles. The van der Waals surface area contributed by atoms with Crippen LogP contribution in [0.2, 0.25) is 0 Å². The van der Waals surface area contributed by atoms with Gasteiger partial charge in [0.25, 0.3) is 11.7 Å². The van der Waals surface area contributed by atoms with Crippen LogP contribution in [0.5, 0.6) is 0 Å². The summed E-state index contributed by atoms with van der Waals surface area (Å²) in [5.41, 5.74) is 1.22. The van der Waals surface area contributed by atoms with Crippen LogP contribution >= 0.6 is 11.3 Å². The topological polar surface area (TPSA) is 57.6 Å². The first-order valence-corrected chi connectivity index (χ1v) is 10.9. The van der Waals surface area contributed by atoms with Gasteiger partial charge in [-0.15, -0.1) is 11.3 Å². The number of aryl methyl sites for hydroxylation is 1. The second kappa shape index (κ2) is 7.73. The average molecular weight is 443 g/mol. The third kappa shape index (κ3) is 3.11. The van der Waals surface area contributed by atoms with Crippen molar-refractivity contribution in [1.29, 1.82) is 0 Å². The number of fused-ring (bicyclic) bond motifs is 1. The number of rotatable bonds is 3. The molecule has 1 aliphatic rings. The van der Waals surface area contributed by atoms with E-state index in [9.17, 15) is 19.1 Å². The van der Waals surface area contributed by atoms with Gasteiger partial charge in [0.05, 0.1) is 11.3 Å². The van der Waals surface area contributed by atoms with Gasteiger partial charge in [-0.1, -0.05) is 42.5 Å². The van der Waals surface area contributed by atoms with E-state index in [0.717, 1.165) is 15.6 Å². The molecule has 3 aromatic carbocycles. The summed E-state index contributed by atoms with van der Waals surface area (Å²) in [5, 5.41) is 14.8. The van der Waals surface area contributed by atoms with Gasteiger partial charge >= 0.3 is 0 Å². The van der Waals surface area contributed by atoms with Crippen molar-refractivity contribution in [3.05, 3.63) is 106 Å². The first-order valence-electron chi connectivity index (χ1n) is 10.1. The fourth-order valence-electron chi connectivity index (χ4n) is 4.16. The van der Waals surface area contributed by atoms with Crippen LogP contribution in [-0.2, 0) is 9.59 Å². The molecule has 1 N–H and O–H groups in total. The highest BCUT2D eigenvalue weighted by molar-refractivity contribution is 7.10. The van der Waals surface area contributed by atoms with Crippen LogP contribution in [-0.4, -0.2) is 16.8 Å². The number of amides is 1. The highest BCUT2D eigenvalue weighted by Gasteiger charge is 2.47. The molecule has 0 aliphatic carbocycles. The van der Waals surface area contributed by atoms with E-state index < -0.39 is 23.5 Å². The van der Waals surface area contributed by atoms with Crippen LogP contribution < -0.4 is 4.90 Å². The molecular formula is C26H18FNO3S. The first-order chi connectivity index (χ1) is 15.5. The van der Waals surface area contributed by atoms with Crippen molar-refractivity contribution in [2.24, 2.45) is 0 Å². The molecule has 1 amide bonds. The Bertz CT molecular complexity index is 1400. The molecule has 1 unspecified atom stereocenters. The SMILES string of the molecule is Cc1cc(/C(O)=C2/C(=O)C(=O)N(c3cccc4ccccc34)C2c2cccs2)ccc1F. The average Bonchev–Trinajstić information content (AvgIpc) is 3.42. The quantitative estimate of drug-likeness (QED) is 0.241. The Hall–Kier alpha value is -3.77. The lowest BCUT2D eigenvalue weighted by Gasteiger charge is -2.25. The first kappa shape index (κ1) is 20.2. The molecule has 4 aromatic rings. The van der Waals surface area contributed by atoms with Gasteiger partial charge in [-0.3, -0.25) is 14.5 Å². The van der Waals surface area contributed by atoms with Crippen LogP contribution in [0.4, 0.5) is 10.1 Å². The lowest BCUT2D eigenvalue weighted by atomic mass is 9.98. The number of benzene rings is 3. The minimum absolute atomic E-state index is 0.00334. The second-order valence-electron chi connectivity index (χ2n) is 7.65. The smallest absolute Gasteiger partial charge is 0.300 e. The van der Waals surface area contributed by atoms with E-state index in [1.807, 2.05) is 53.9 Å². The summed E-state index contributed by atoms with van der Waals surface area (Å²) in [7, 11) is 0. The highest BCUT2D eigenvalue weighted by Crippen LogP contribution is 2.45. The molecule has 32 heavy (non-hydrogen) atoms. The zero-order valence-electron chi connectivity index (χ0n) is 17.1. The van der Waals surface area contributed by atoms with Crippen LogP contribution in [0.3, 0.4) is 0 Å². The largest absolute Gasteiger partial charge is 0.507 e. The third-order valence-electron chi connectivity index (χ3n) is 5.71. The molecule has 1 fully saturated rings. The molecular weight excluding hydrogens is 425 g/mol. The summed E-state index contributed by atoms with van der Waals surface area (Å²) in [4.78, 5) is 28.7. The molecule has 0 radical (unpaired) electrons. The zero-order chi connectivity index (χ0) is 22.4. The molecule has 0 spiro atoms. The van der Waals surface area contributed by atoms with Gasteiger partial charge in [-0.05, 0) is 53.6 Å². The van der Waals surface area contributed by atoms with Gasteiger partial charge in [0, 0.05) is 15.8 Å². The maximum Gasteiger partial charge on any atom is 0.300 e. The lowest BCUT2D eigenvalue weighted by molar-refractivity contribution is -0.132. The lowest BCUT2D eigenvalue weighted by Crippen LogP contribution is -2.29. The molecule has 0 saturated carbocycles. The zero-order valence-corrected chi connectivity index (χ0v) is 17.9. The standard InChI is InChI=1S/C26H18FNO3S/c1-15-14-17(11-12-19(15)27)24(29)22-23(21-10-5-13-32-21)28(26(31)25(22)30)20-9-4-7-16-6-2-3-8-18(16)20/h2-14,23,29H,1H3/b24-22-.